The first kappa shape index (κ1) is 17.5. The highest BCUT2D eigenvalue weighted by Crippen LogP contribution is 2.30. The van der Waals surface area contributed by atoms with Crippen molar-refractivity contribution < 1.29 is 4.79 Å². The van der Waals surface area contributed by atoms with Gasteiger partial charge in [-0.05, 0) is 36.8 Å². The summed E-state index contributed by atoms with van der Waals surface area (Å²) >= 11 is 0. The van der Waals surface area contributed by atoms with Gasteiger partial charge in [-0.1, -0.05) is 69.3 Å². The normalized spacial score (nSPS) is 17.7. The highest BCUT2D eigenvalue weighted by atomic mass is 16.1. The molecule has 2 aromatic carbocycles. The average molecular weight is 333 g/mol. The van der Waals surface area contributed by atoms with Crippen molar-refractivity contribution in [2.45, 2.75) is 52.0 Å². The summed E-state index contributed by atoms with van der Waals surface area (Å²) in [6.07, 6.45) is 2.70. The van der Waals surface area contributed by atoms with Gasteiger partial charge >= 0.3 is 0 Å². The third-order valence-electron chi connectivity index (χ3n) is 4.72. The summed E-state index contributed by atoms with van der Waals surface area (Å²) in [4.78, 5) is 12.8. The Morgan fingerprint density at radius 2 is 1.68 bits per heavy atom. The third-order valence-corrected chi connectivity index (χ3v) is 4.72. The van der Waals surface area contributed by atoms with Crippen LogP contribution in [-0.4, -0.2) is 11.3 Å². The SMILES string of the molecule is CC1(C)Cc2ccccc2C(=CC(=O)c2ccc(C(C)(C)C)cc2)N1. The van der Waals surface area contributed by atoms with Crippen molar-refractivity contribution in [2.24, 2.45) is 0 Å². The van der Waals surface area contributed by atoms with E-state index in [2.05, 4.69) is 70.3 Å². The van der Waals surface area contributed by atoms with Crippen LogP contribution < -0.4 is 5.32 Å². The first-order valence-corrected chi connectivity index (χ1v) is 8.89. The molecule has 1 heterocycles. The van der Waals surface area contributed by atoms with E-state index < -0.39 is 0 Å². The first-order chi connectivity index (χ1) is 11.7. The van der Waals surface area contributed by atoms with Gasteiger partial charge in [-0.25, -0.2) is 0 Å². The Labute approximate surface area is 151 Å². The van der Waals surface area contributed by atoms with E-state index in [-0.39, 0.29) is 16.7 Å². The molecule has 0 spiro atoms. The van der Waals surface area contributed by atoms with Crippen LogP contribution in [0.5, 0.6) is 0 Å². The Hall–Kier alpha value is -2.35. The van der Waals surface area contributed by atoms with E-state index in [1.165, 1.54) is 11.1 Å². The second kappa shape index (κ2) is 6.18. The number of allylic oxidation sites excluding steroid dienone is 1. The largest absolute Gasteiger partial charge is 0.379 e. The average Bonchev–Trinajstić information content (AvgIpc) is 2.53. The predicted molar refractivity (Wildman–Crippen MR) is 105 cm³/mol. The number of fused-ring (bicyclic) bond motifs is 1. The third kappa shape index (κ3) is 3.84. The summed E-state index contributed by atoms with van der Waals surface area (Å²) in [6.45, 7) is 10.9. The number of hydrogen-bond acceptors (Lipinski definition) is 2. The number of nitrogens with one attached hydrogen (secondary N) is 1. The quantitative estimate of drug-likeness (QED) is 0.609. The molecule has 1 aliphatic rings. The second-order valence-corrected chi connectivity index (χ2v) is 8.59. The topological polar surface area (TPSA) is 29.1 Å². The van der Waals surface area contributed by atoms with Crippen molar-refractivity contribution in [3.63, 3.8) is 0 Å². The smallest absolute Gasteiger partial charge is 0.187 e. The van der Waals surface area contributed by atoms with E-state index in [1.54, 1.807) is 6.08 Å². The molecule has 0 amide bonds. The zero-order valence-corrected chi connectivity index (χ0v) is 15.8. The Morgan fingerprint density at radius 1 is 1.04 bits per heavy atom. The zero-order valence-electron chi connectivity index (χ0n) is 15.8. The summed E-state index contributed by atoms with van der Waals surface area (Å²) in [5.74, 6) is 0.0375. The monoisotopic (exact) mass is 333 g/mol. The van der Waals surface area contributed by atoms with E-state index in [9.17, 15) is 4.79 Å². The lowest BCUT2D eigenvalue weighted by atomic mass is 9.85. The molecule has 2 heteroatoms. The maximum atomic E-state index is 12.8. The Balaban J connectivity index is 1.93. The fraction of sp³-hybridized carbons (Fsp3) is 0.348. The van der Waals surface area contributed by atoms with Gasteiger partial charge in [-0.3, -0.25) is 4.79 Å². The molecule has 0 bridgehead atoms. The molecule has 3 rings (SSSR count). The molecule has 2 aromatic rings. The molecule has 2 nitrogen and oxygen atoms in total. The molecule has 1 N–H and O–H groups in total. The minimum Gasteiger partial charge on any atom is -0.379 e. The van der Waals surface area contributed by atoms with Gasteiger partial charge < -0.3 is 5.32 Å². The van der Waals surface area contributed by atoms with Gasteiger partial charge in [0, 0.05) is 28.4 Å². The van der Waals surface area contributed by atoms with Crippen LogP contribution in [0.1, 0.15) is 61.7 Å². The molecular formula is C23H27NO. The highest BCUT2D eigenvalue weighted by molar-refractivity contribution is 6.08. The van der Waals surface area contributed by atoms with E-state index >= 15 is 0 Å². The number of carbonyl (C=O) groups excluding carboxylic acids is 1. The molecule has 130 valence electrons. The van der Waals surface area contributed by atoms with Crippen LogP contribution in [0.2, 0.25) is 0 Å². The Kier molecular flexibility index (Phi) is 4.32. The van der Waals surface area contributed by atoms with Crippen LogP contribution in [0, 0.1) is 0 Å². The molecule has 1 aliphatic heterocycles. The highest BCUT2D eigenvalue weighted by Gasteiger charge is 2.27. The van der Waals surface area contributed by atoms with Crippen LogP contribution in [0.25, 0.3) is 5.70 Å². The first-order valence-electron chi connectivity index (χ1n) is 8.89. The predicted octanol–water partition coefficient (Wildman–Crippen LogP) is 5.13. The standard InChI is InChI=1S/C23H27NO/c1-22(2,3)18-12-10-16(11-13-18)21(25)14-20-19-9-7-6-8-17(19)15-23(4,5)24-20/h6-14,24H,15H2,1-5H3. The molecule has 0 unspecified atom stereocenters. The van der Waals surface area contributed by atoms with E-state index in [0.29, 0.717) is 0 Å². The second-order valence-electron chi connectivity index (χ2n) is 8.59. The van der Waals surface area contributed by atoms with Crippen molar-refractivity contribution in [1.82, 2.24) is 5.32 Å². The lowest BCUT2D eigenvalue weighted by molar-refractivity contribution is 0.104. The summed E-state index contributed by atoms with van der Waals surface area (Å²) in [5.41, 5.74) is 5.32. The summed E-state index contributed by atoms with van der Waals surface area (Å²) in [7, 11) is 0. The van der Waals surface area contributed by atoms with Crippen molar-refractivity contribution in [1.29, 1.82) is 0 Å². The molecule has 0 fully saturated rings. The minimum atomic E-state index is -0.0590. The van der Waals surface area contributed by atoms with Crippen LogP contribution in [0.15, 0.2) is 54.6 Å². The maximum absolute atomic E-state index is 12.8. The van der Waals surface area contributed by atoms with Crippen LogP contribution in [0.4, 0.5) is 0 Å². The summed E-state index contributed by atoms with van der Waals surface area (Å²) in [5, 5.41) is 3.53. The van der Waals surface area contributed by atoms with Crippen LogP contribution in [0.3, 0.4) is 0 Å². The van der Waals surface area contributed by atoms with Gasteiger partial charge in [0.15, 0.2) is 5.78 Å². The summed E-state index contributed by atoms with van der Waals surface area (Å²) in [6, 6.07) is 16.3. The Bertz CT molecular complexity index is 820. The van der Waals surface area contributed by atoms with Gasteiger partial charge in [0.05, 0.1) is 0 Å². The summed E-state index contributed by atoms with van der Waals surface area (Å²) < 4.78 is 0. The molecular weight excluding hydrogens is 306 g/mol. The molecule has 0 saturated carbocycles. The van der Waals surface area contributed by atoms with Crippen LogP contribution in [-0.2, 0) is 11.8 Å². The minimum absolute atomic E-state index is 0.0375. The fourth-order valence-electron chi connectivity index (χ4n) is 3.35. The maximum Gasteiger partial charge on any atom is 0.187 e. The van der Waals surface area contributed by atoms with Crippen molar-refractivity contribution in [2.75, 3.05) is 0 Å². The number of hydrogen-bond donors (Lipinski definition) is 1. The van der Waals surface area contributed by atoms with E-state index in [4.69, 9.17) is 0 Å². The van der Waals surface area contributed by atoms with Gasteiger partial charge in [-0.15, -0.1) is 0 Å². The molecule has 0 aliphatic carbocycles. The van der Waals surface area contributed by atoms with Crippen molar-refractivity contribution in [3.05, 3.63) is 76.9 Å². The van der Waals surface area contributed by atoms with E-state index in [1.807, 2.05) is 18.2 Å². The zero-order chi connectivity index (χ0) is 18.2. The van der Waals surface area contributed by atoms with Gasteiger partial charge in [0.1, 0.15) is 0 Å². The number of ketones is 1. The van der Waals surface area contributed by atoms with Crippen molar-refractivity contribution >= 4 is 11.5 Å². The van der Waals surface area contributed by atoms with Gasteiger partial charge in [0.25, 0.3) is 0 Å². The van der Waals surface area contributed by atoms with Gasteiger partial charge in [0.2, 0.25) is 0 Å². The molecule has 0 aromatic heterocycles. The lowest BCUT2D eigenvalue weighted by Crippen LogP contribution is -2.43. The number of benzene rings is 2. The molecule has 0 saturated heterocycles. The number of carbonyl (C=O) groups is 1. The molecule has 0 atom stereocenters. The molecule has 25 heavy (non-hydrogen) atoms. The lowest BCUT2D eigenvalue weighted by Gasteiger charge is -2.35. The fourth-order valence-corrected chi connectivity index (χ4v) is 3.35. The van der Waals surface area contributed by atoms with E-state index in [0.717, 1.165) is 23.2 Å². The van der Waals surface area contributed by atoms with Crippen LogP contribution >= 0.6 is 0 Å². The van der Waals surface area contributed by atoms with Crippen molar-refractivity contribution in [3.8, 4) is 0 Å². The molecule has 0 radical (unpaired) electrons. The van der Waals surface area contributed by atoms with Gasteiger partial charge in [-0.2, -0.15) is 0 Å². The number of rotatable bonds is 2. The Morgan fingerprint density at radius 3 is 2.32 bits per heavy atom.